The van der Waals surface area contributed by atoms with E-state index in [0.717, 1.165) is 18.7 Å². The smallest absolute Gasteiger partial charge is 0.0340 e. The second kappa shape index (κ2) is 5.20. The van der Waals surface area contributed by atoms with Crippen molar-refractivity contribution >= 4 is 5.69 Å². The third-order valence-corrected chi connectivity index (χ3v) is 2.30. The van der Waals surface area contributed by atoms with Crippen LogP contribution >= 0.6 is 0 Å². The summed E-state index contributed by atoms with van der Waals surface area (Å²) in [6.07, 6.45) is 1.06. The van der Waals surface area contributed by atoms with E-state index in [1.165, 1.54) is 5.56 Å². The van der Waals surface area contributed by atoms with Gasteiger partial charge in [-0.2, -0.15) is 0 Å². The molecule has 2 aromatic rings. The molecule has 1 N–H and O–H groups in total. The highest BCUT2D eigenvalue weighted by atomic mass is 14.9. The molecule has 2 rings (SSSR count). The molecule has 15 heavy (non-hydrogen) atoms. The van der Waals surface area contributed by atoms with Crippen LogP contribution in [0.5, 0.6) is 0 Å². The minimum atomic E-state index is 0.966. The Balaban J connectivity index is 1.81. The van der Waals surface area contributed by atoms with Gasteiger partial charge in [0, 0.05) is 12.2 Å². The summed E-state index contributed by atoms with van der Waals surface area (Å²) in [4.78, 5) is 0. The van der Waals surface area contributed by atoms with E-state index in [1.54, 1.807) is 0 Å². The molecule has 0 spiro atoms. The van der Waals surface area contributed by atoms with Crippen LogP contribution in [0, 0.1) is 6.07 Å². The lowest BCUT2D eigenvalue weighted by Gasteiger charge is -2.05. The molecule has 0 heterocycles. The molecule has 1 radical (unpaired) electrons. The number of rotatable bonds is 4. The largest absolute Gasteiger partial charge is 0.385 e. The molecule has 0 bridgehead atoms. The highest BCUT2D eigenvalue weighted by Crippen LogP contribution is 2.05. The van der Waals surface area contributed by atoms with Crippen LogP contribution in [0.1, 0.15) is 5.56 Å². The minimum absolute atomic E-state index is 0.966. The molecule has 75 valence electrons. The summed E-state index contributed by atoms with van der Waals surface area (Å²) in [5.74, 6) is 0. The maximum Gasteiger partial charge on any atom is 0.0340 e. The van der Waals surface area contributed by atoms with Crippen molar-refractivity contribution in [1.82, 2.24) is 0 Å². The first-order valence-electron chi connectivity index (χ1n) is 5.19. The Morgan fingerprint density at radius 3 is 2.40 bits per heavy atom. The normalized spacial score (nSPS) is 9.87. The van der Waals surface area contributed by atoms with Gasteiger partial charge in [-0.1, -0.05) is 42.5 Å². The maximum atomic E-state index is 3.37. The van der Waals surface area contributed by atoms with Crippen molar-refractivity contribution in [2.24, 2.45) is 0 Å². The van der Waals surface area contributed by atoms with Crippen molar-refractivity contribution in [3.8, 4) is 0 Å². The zero-order chi connectivity index (χ0) is 10.3. The van der Waals surface area contributed by atoms with E-state index < -0.39 is 0 Å². The summed E-state index contributed by atoms with van der Waals surface area (Å²) >= 11 is 0. The molecule has 0 saturated carbocycles. The monoisotopic (exact) mass is 196 g/mol. The molecule has 0 saturated heterocycles. The molecule has 0 aliphatic heterocycles. The van der Waals surface area contributed by atoms with Gasteiger partial charge >= 0.3 is 0 Å². The molecule has 1 heteroatoms. The fourth-order valence-electron chi connectivity index (χ4n) is 1.50. The third-order valence-electron chi connectivity index (χ3n) is 2.30. The van der Waals surface area contributed by atoms with Gasteiger partial charge in [-0.25, -0.2) is 0 Å². The Morgan fingerprint density at radius 2 is 1.67 bits per heavy atom. The van der Waals surface area contributed by atoms with Crippen LogP contribution in [0.4, 0.5) is 5.69 Å². The molecular formula is C14H14N. The van der Waals surface area contributed by atoms with Gasteiger partial charge in [-0.15, -0.1) is 0 Å². The standard InChI is InChI=1S/C14H14N/c1-3-7-13(8-4-1)11-12-15-14-9-5-2-6-10-14/h1,3-10,15H,11-12H2. The van der Waals surface area contributed by atoms with Crippen LogP contribution in [0.25, 0.3) is 0 Å². The maximum absolute atomic E-state index is 3.37. The average Bonchev–Trinajstić information content (AvgIpc) is 2.32. The third kappa shape index (κ3) is 3.13. The Kier molecular flexibility index (Phi) is 3.39. The first-order valence-corrected chi connectivity index (χ1v) is 5.19. The van der Waals surface area contributed by atoms with Gasteiger partial charge < -0.3 is 5.32 Å². The molecule has 0 aromatic heterocycles. The zero-order valence-electron chi connectivity index (χ0n) is 8.61. The van der Waals surface area contributed by atoms with Gasteiger partial charge in [-0.3, -0.25) is 0 Å². The van der Waals surface area contributed by atoms with Gasteiger partial charge in [-0.05, 0) is 30.2 Å². The molecule has 0 fully saturated rings. The molecule has 1 nitrogen and oxygen atoms in total. The summed E-state index contributed by atoms with van der Waals surface area (Å²) in [5, 5.41) is 3.37. The first-order chi connectivity index (χ1) is 7.45. The van der Waals surface area contributed by atoms with E-state index in [0.29, 0.717) is 0 Å². The SMILES string of the molecule is [c]1ccc(NCCc2ccccc2)cc1. The molecule has 0 aliphatic rings. The van der Waals surface area contributed by atoms with E-state index in [1.807, 2.05) is 30.3 Å². The Morgan fingerprint density at radius 1 is 0.933 bits per heavy atom. The summed E-state index contributed by atoms with van der Waals surface area (Å²) in [7, 11) is 0. The highest BCUT2D eigenvalue weighted by Gasteiger charge is 1.91. The van der Waals surface area contributed by atoms with E-state index in [9.17, 15) is 0 Å². The number of hydrogen-bond acceptors (Lipinski definition) is 1. The Bertz CT molecular complexity index is 341. The zero-order valence-corrected chi connectivity index (χ0v) is 8.61. The fraction of sp³-hybridized carbons (Fsp3) is 0.143. The van der Waals surface area contributed by atoms with Crippen LogP contribution in [0.3, 0.4) is 0 Å². The summed E-state index contributed by atoms with van der Waals surface area (Å²) < 4.78 is 0. The van der Waals surface area contributed by atoms with Gasteiger partial charge in [0.05, 0.1) is 0 Å². The van der Waals surface area contributed by atoms with Crippen LogP contribution in [-0.2, 0) is 6.42 Å². The average molecular weight is 196 g/mol. The van der Waals surface area contributed by atoms with E-state index >= 15 is 0 Å². The lowest BCUT2D eigenvalue weighted by atomic mass is 10.1. The second-order valence-corrected chi connectivity index (χ2v) is 3.45. The highest BCUT2D eigenvalue weighted by molar-refractivity contribution is 5.42. The van der Waals surface area contributed by atoms with Crippen LogP contribution < -0.4 is 5.32 Å². The van der Waals surface area contributed by atoms with Crippen LogP contribution in [0.2, 0.25) is 0 Å². The minimum Gasteiger partial charge on any atom is -0.385 e. The number of benzene rings is 2. The lowest BCUT2D eigenvalue weighted by molar-refractivity contribution is 1.02. The van der Waals surface area contributed by atoms with Crippen molar-refractivity contribution in [3.63, 3.8) is 0 Å². The van der Waals surface area contributed by atoms with Gasteiger partial charge in [0.2, 0.25) is 0 Å². The van der Waals surface area contributed by atoms with Gasteiger partial charge in [0.15, 0.2) is 0 Å². The van der Waals surface area contributed by atoms with E-state index in [4.69, 9.17) is 0 Å². The summed E-state index contributed by atoms with van der Waals surface area (Å²) in [6, 6.07) is 21.4. The number of anilines is 1. The summed E-state index contributed by atoms with van der Waals surface area (Å²) in [5.41, 5.74) is 2.53. The van der Waals surface area contributed by atoms with Crippen molar-refractivity contribution < 1.29 is 0 Å². The van der Waals surface area contributed by atoms with Gasteiger partial charge in [0.1, 0.15) is 0 Å². The van der Waals surface area contributed by atoms with Crippen molar-refractivity contribution in [2.75, 3.05) is 11.9 Å². The predicted molar refractivity (Wildman–Crippen MR) is 63.9 cm³/mol. The number of nitrogens with one attached hydrogen (secondary N) is 1. The van der Waals surface area contributed by atoms with Gasteiger partial charge in [0.25, 0.3) is 0 Å². The van der Waals surface area contributed by atoms with E-state index in [-0.39, 0.29) is 0 Å². The quantitative estimate of drug-likeness (QED) is 0.792. The first kappa shape index (κ1) is 9.78. The molecule has 0 atom stereocenters. The number of hydrogen-bond donors (Lipinski definition) is 1. The molecular weight excluding hydrogens is 182 g/mol. The fourth-order valence-corrected chi connectivity index (χ4v) is 1.50. The van der Waals surface area contributed by atoms with Crippen molar-refractivity contribution in [3.05, 3.63) is 66.2 Å². The van der Waals surface area contributed by atoms with Crippen LogP contribution in [-0.4, -0.2) is 6.54 Å². The molecule has 0 aliphatic carbocycles. The van der Waals surface area contributed by atoms with Crippen molar-refractivity contribution in [2.45, 2.75) is 6.42 Å². The topological polar surface area (TPSA) is 12.0 Å². The molecule has 0 unspecified atom stereocenters. The molecule has 2 aromatic carbocycles. The summed E-state index contributed by atoms with van der Waals surface area (Å²) in [6.45, 7) is 0.966. The second-order valence-electron chi connectivity index (χ2n) is 3.45. The van der Waals surface area contributed by atoms with Crippen LogP contribution in [0.15, 0.2) is 54.6 Å². The lowest BCUT2D eigenvalue weighted by Crippen LogP contribution is -2.04. The van der Waals surface area contributed by atoms with E-state index in [2.05, 4.69) is 35.6 Å². The van der Waals surface area contributed by atoms with Crippen molar-refractivity contribution in [1.29, 1.82) is 0 Å². The molecule has 0 amide bonds. The predicted octanol–water partition coefficient (Wildman–Crippen LogP) is 3.14. The Hall–Kier alpha value is -1.76. The Labute approximate surface area is 90.8 Å².